The van der Waals surface area contributed by atoms with E-state index in [2.05, 4.69) is 263 Å². The first kappa shape index (κ1) is 44.9. The summed E-state index contributed by atoms with van der Waals surface area (Å²) in [4.78, 5) is 7.07. The Kier molecular flexibility index (Phi) is 10.7. The molecule has 3 aromatic heterocycles. The minimum atomic E-state index is 0.803. The second-order valence-electron chi connectivity index (χ2n) is 19.7. The first-order chi connectivity index (χ1) is 38.6. The van der Waals surface area contributed by atoms with Gasteiger partial charge in [0.15, 0.2) is 5.58 Å². The Hall–Kier alpha value is -10.6. The Balaban J connectivity index is 0.978. The molecule has 6 heteroatoms. The van der Waals surface area contributed by atoms with Crippen molar-refractivity contribution in [3.8, 4) is 22.3 Å². The number of furan rings is 3. The van der Waals surface area contributed by atoms with Crippen LogP contribution in [0.15, 0.2) is 298 Å². The molecule has 0 amide bonds. The van der Waals surface area contributed by atoms with Crippen molar-refractivity contribution in [3.05, 3.63) is 285 Å². The number of anilines is 9. The molecule has 12 aromatic carbocycles. The van der Waals surface area contributed by atoms with E-state index in [1.165, 1.54) is 0 Å². The highest BCUT2D eigenvalue weighted by atomic mass is 16.3. The van der Waals surface area contributed by atoms with Gasteiger partial charge in [-0.3, -0.25) is 0 Å². The maximum atomic E-state index is 6.87. The molecule has 0 aliphatic rings. The fourth-order valence-electron chi connectivity index (χ4n) is 11.3. The van der Waals surface area contributed by atoms with Gasteiger partial charge in [0.05, 0.1) is 22.7 Å². The molecule has 0 bridgehead atoms. The molecule has 3 heterocycles. The molecule has 0 saturated carbocycles. The van der Waals surface area contributed by atoms with Crippen molar-refractivity contribution in [2.45, 2.75) is 0 Å². The Bertz CT molecular complexity index is 4680. The fourth-order valence-corrected chi connectivity index (χ4v) is 11.3. The van der Waals surface area contributed by atoms with Crippen LogP contribution in [-0.2, 0) is 0 Å². The molecule has 78 heavy (non-hydrogen) atoms. The highest BCUT2D eigenvalue weighted by molar-refractivity contribution is 6.11. The van der Waals surface area contributed by atoms with Gasteiger partial charge in [0.2, 0.25) is 0 Å². The summed E-state index contributed by atoms with van der Waals surface area (Å²) in [6.45, 7) is 0. The Morgan fingerprint density at radius 2 is 0.564 bits per heavy atom. The lowest BCUT2D eigenvalue weighted by Gasteiger charge is -2.33. The summed E-state index contributed by atoms with van der Waals surface area (Å²) in [6, 6.07) is 101. The third-order valence-corrected chi connectivity index (χ3v) is 15.0. The van der Waals surface area contributed by atoms with Crippen LogP contribution in [0, 0.1) is 0 Å². The molecule has 6 nitrogen and oxygen atoms in total. The molecule has 0 radical (unpaired) electrons. The number of nitrogens with zero attached hydrogens (tertiary/aromatic N) is 3. The van der Waals surface area contributed by atoms with E-state index in [1.54, 1.807) is 0 Å². The monoisotopic (exact) mass is 1000 g/mol. The standard InChI is InChI=1S/C72H47N3O3/c1-4-17-48(18-5-1)49-31-36-54(37-32-49)73(55-38-33-50(34-39-55)51-35-41-70-64(43-51)61-24-11-13-28-67(61)76-70)57-44-58(74(52-19-6-2-7-20-52)56-40-42-71-65(47-56)62-25-12-14-29-68(62)77-71)46-59(45-57)75(53-21-8-3-9-22-53)66-27-16-26-63-60-23-10-15-30-69(60)78-72(63)66/h1-47H. The van der Waals surface area contributed by atoms with E-state index in [0.29, 0.717) is 0 Å². The van der Waals surface area contributed by atoms with E-state index < -0.39 is 0 Å². The van der Waals surface area contributed by atoms with Gasteiger partial charge in [-0.2, -0.15) is 0 Å². The van der Waals surface area contributed by atoms with Crippen molar-refractivity contribution in [1.82, 2.24) is 0 Å². The Labute approximate surface area is 450 Å². The van der Waals surface area contributed by atoms with Gasteiger partial charge in [0.1, 0.15) is 27.9 Å². The van der Waals surface area contributed by atoms with E-state index in [0.717, 1.165) is 139 Å². The van der Waals surface area contributed by atoms with Gasteiger partial charge in [-0.15, -0.1) is 0 Å². The van der Waals surface area contributed by atoms with Crippen LogP contribution in [0.4, 0.5) is 51.2 Å². The van der Waals surface area contributed by atoms with Crippen LogP contribution in [0.2, 0.25) is 0 Å². The normalized spacial score (nSPS) is 11.6. The topological polar surface area (TPSA) is 49.1 Å². The van der Waals surface area contributed by atoms with Gasteiger partial charge in [-0.25, -0.2) is 0 Å². The quantitative estimate of drug-likeness (QED) is 0.129. The lowest BCUT2D eigenvalue weighted by atomic mass is 10.0. The first-order valence-electron chi connectivity index (χ1n) is 26.3. The number of hydrogen-bond acceptors (Lipinski definition) is 6. The van der Waals surface area contributed by atoms with Crippen molar-refractivity contribution >= 4 is 117 Å². The van der Waals surface area contributed by atoms with E-state index >= 15 is 0 Å². The number of para-hydroxylation sites is 6. The minimum Gasteiger partial charge on any atom is -0.456 e. The zero-order chi connectivity index (χ0) is 51.5. The maximum absolute atomic E-state index is 6.87. The number of benzene rings is 12. The van der Waals surface area contributed by atoms with Crippen LogP contribution in [0.5, 0.6) is 0 Å². The molecule has 15 aromatic rings. The zero-order valence-electron chi connectivity index (χ0n) is 42.2. The lowest BCUT2D eigenvalue weighted by molar-refractivity contribution is 0.668. The second-order valence-corrected chi connectivity index (χ2v) is 19.7. The summed E-state index contributed by atoms with van der Waals surface area (Å²) in [5.74, 6) is 0. The average molecular weight is 1000 g/mol. The van der Waals surface area contributed by atoms with E-state index in [1.807, 2.05) is 36.4 Å². The molecule has 0 fully saturated rings. The lowest BCUT2D eigenvalue weighted by Crippen LogP contribution is -2.16. The summed E-state index contributed by atoms with van der Waals surface area (Å²) >= 11 is 0. The van der Waals surface area contributed by atoms with Crippen molar-refractivity contribution in [2.75, 3.05) is 14.7 Å². The van der Waals surface area contributed by atoms with Gasteiger partial charge in [0.25, 0.3) is 0 Å². The maximum Gasteiger partial charge on any atom is 0.159 e. The van der Waals surface area contributed by atoms with Crippen molar-refractivity contribution in [2.24, 2.45) is 0 Å². The van der Waals surface area contributed by atoms with Crippen molar-refractivity contribution < 1.29 is 13.3 Å². The molecule has 0 aliphatic heterocycles. The highest BCUT2D eigenvalue weighted by Gasteiger charge is 2.25. The number of hydrogen-bond donors (Lipinski definition) is 0. The van der Waals surface area contributed by atoms with Crippen molar-refractivity contribution in [3.63, 3.8) is 0 Å². The van der Waals surface area contributed by atoms with E-state index in [9.17, 15) is 0 Å². The molecule has 0 N–H and O–H groups in total. The molecule has 0 spiro atoms. The van der Waals surface area contributed by atoms with Crippen LogP contribution < -0.4 is 14.7 Å². The Morgan fingerprint density at radius 1 is 0.192 bits per heavy atom. The SMILES string of the molecule is c1ccc(-c2ccc(N(c3ccc(-c4ccc5oc6ccccc6c5c4)cc3)c3cc(N(c4ccccc4)c4ccc5oc6ccccc6c5c4)cc(N(c4ccccc4)c4cccc5c4oc4ccccc45)c3)cc2)cc1. The van der Waals surface area contributed by atoms with Gasteiger partial charge in [-0.1, -0.05) is 164 Å². The first-order valence-corrected chi connectivity index (χ1v) is 26.3. The molecule has 0 atom stereocenters. The molecule has 0 unspecified atom stereocenters. The summed E-state index contributed by atoms with van der Waals surface area (Å²) in [5, 5.41) is 6.44. The zero-order valence-corrected chi connectivity index (χ0v) is 42.2. The molecule has 0 saturated heterocycles. The number of rotatable bonds is 11. The van der Waals surface area contributed by atoms with Crippen LogP contribution >= 0.6 is 0 Å². The molecule has 15 rings (SSSR count). The molecular formula is C72H47N3O3. The summed E-state index contributed by atoms with van der Waals surface area (Å²) < 4.78 is 19.5. The molecular weight excluding hydrogens is 955 g/mol. The van der Waals surface area contributed by atoms with Crippen LogP contribution in [0.3, 0.4) is 0 Å². The van der Waals surface area contributed by atoms with E-state index in [4.69, 9.17) is 13.3 Å². The number of fused-ring (bicyclic) bond motifs is 9. The van der Waals surface area contributed by atoms with Crippen molar-refractivity contribution in [1.29, 1.82) is 0 Å². The Morgan fingerprint density at radius 3 is 1.15 bits per heavy atom. The van der Waals surface area contributed by atoms with Gasteiger partial charge in [-0.05, 0) is 144 Å². The highest BCUT2D eigenvalue weighted by Crippen LogP contribution is 2.49. The average Bonchev–Trinajstić information content (AvgIpc) is 4.33. The summed E-state index contributed by atoms with van der Waals surface area (Å²) in [7, 11) is 0. The van der Waals surface area contributed by atoms with Gasteiger partial charge in [0, 0.05) is 60.8 Å². The van der Waals surface area contributed by atoms with Crippen LogP contribution in [0.1, 0.15) is 0 Å². The predicted molar refractivity (Wildman–Crippen MR) is 323 cm³/mol. The summed E-state index contributed by atoms with van der Waals surface area (Å²) in [5.41, 5.74) is 18.3. The summed E-state index contributed by atoms with van der Waals surface area (Å²) in [6.07, 6.45) is 0. The largest absolute Gasteiger partial charge is 0.456 e. The predicted octanol–water partition coefficient (Wildman–Crippen LogP) is 21.1. The van der Waals surface area contributed by atoms with Gasteiger partial charge >= 0.3 is 0 Å². The second kappa shape index (κ2) is 18.7. The minimum absolute atomic E-state index is 0.803. The third kappa shape index (κ3) is 7.82. The van der Waals surface area contributed by atoms with Gasteiger partial charge < -0.3 is 28.0 Å². The fraction of sp³-hybridized carbons (Fsp3) is 0. The van der Waals surface area contributed by atoms with E-state index in [-0.39, 0.29) is 0 Å². The van der Waals surface area contributed by atoms with Crippen LogP contribution in [0.25, 0.3) is 88.1 Å². The smallest absolute Gasteiger partial charge is 0.159 e. The molecule has 0 aliphatic carbocycles. The van der Waals surface area contributed by atoms with Crippen LogP contribution in [-0.4, -0.2) is 0 Å². The molecule has 368 valence electrons. The third-order valence-electron chi connectivity index (χ3n) is 15.0.